The molecule has 1 nitrogen and oxygen atoms in total. The Labute approximate surface area is 44.1 Å². The van der Waals surface area contributed by atoms with Crippen molar-refractivity contribution < 1.29 is 13.6 Å². The van der Waals surface area contributed by atoms with Gasteiger partial charge >= 0.3 is 0 Å². The minimum absolute atomic E-state index is 0.0370. The van der Waals surface area contributed by atoms with Crippen LogP contribution in [0.4, 0.5) is 8.78 Å². The number of carbonyl (C=O) groups is 1. The second-order valence-electron chi connectivity index (χ2n) is 0.870. The van der Waals surface area contributed by atoms with Crippen molar-refractivity contribution in [1.82, 2.24) is 0 Å². The molecule has 0 radical (unpaired) electrons. The summed E-state index contributed by atoms with van der Waals surface area (Å²) in [5, 5.41) is -0.546. The van der Waals surface area contributed by atoms with Crippen LogP contribution < -0.4 is 0 Å². The maximum atomic E-state index is 11.0. The van der Waals surface area contributed by atoms with Gasteiger partial charge in [-0.15, -0.1) is 0 Å². The average Bonchev–Trinajstić information content (AvgIpc) is 1.27. The van der Waals surface area contributed by atoms with Crippen LogP contribution in [0.3, 0.4) is 0 Å². The van der Waals surface area contributed by atoms with Gasteiger partial charge in [-0.25, -0.2) is 0 Å². The smallest absolute Gasteiger partial charge is 0.287 e. The van der Waals surface area contributed by atoms with Gasteiger partial charge in [0.15, 0.2) is 5.12 Å². The van der Waals surface area contributed by atoms with Gasteiger partial charge < -0.3 is 0 Å². The number of hydrogen-bond acceptors (Lipinski definition) is 2. The van der Waals surface area contributed by atoms with Crippen molar-refractivity contribution >= 4 is 16.9 Å². The molecule has 0 unspecified atom stereocenters. The summed E-state index contributed by atoms with van der Waals surface area (Å²) < 4.78 is 22.1. The van der Waals surface area contributed by atoms with Crippen molar-refractivity contribution in [1.29, 1.82) is 0 Å². The Balaban J connectivity index is 3.13. The van der Waals surface area contributed by atoms with Gasteiger partial charge in [-0.2, -0.15) is 8.78 Å². The molecule has 7 heavy (non-hydrogen) atoms. The molecule has 0 aromatic rings. The van der Waals surface area contributed by atoms with Gasteiger partial charge in [0, 0.05) is 6.92 Å². The molecule has 0 spiro atoms. The van der Waals surface area contributed by atoms with Gasteiger partial charge in [-0.3, -0.25) is 4.79 Å². The highest BCUT2D eigenvalue weighted by atomic mass is 32.2. The molecule has 0 saturated carbocycles. The van der Waals surface area contributed by atoms with Crippen LogP contribution in [0.5, 0.6) is 0 Å². The molecule has 0 atom stereocenters. The molecule has 0 aliphatic rings. The van der Waals surface area contributed by atoms with Crippen LogP contribution >= 0.6 is 11.8 Å². The Morgan fingerprint density at radius 2 is 2.14 bits per heavy atom. The van der Waals surface area contributed by atoms with Gasteiger partial charge in [0.1, 0.15) is 0 Å². The molecule has 0 aromatic heterocycles. The first-order chi connectivity index (χ1) is 3.13. The Kier molecular flexibility index (Phi) is 2.91. The summed E-state index contributed by atoms with van der Waals surface area (Å²) in [5.41, 5.74) is 0. The monoisotopic (exact) mass is 126 g/mol. The van der Waals surface area contributed by atoms with Gasteiger partial charge in [0.2, 0.25) is 0 Å². The lowest BCUT2D eigenvalue weighted by Crippen LogP contribution is -1.87. The number of carbonyl (C=O) groups excluding carboxylic acids is 1. The van der Waals surface area contributed by atoms with Crippen LogP contribution in [0.15, 0.2) is 0 Å². The molecule has 42 valence electrons. The van der Waals surface area contributed by atoms with Crippen molar-refractivity contribution in [3.63, 3.8) is 0 Å². The normalized spacial score (nSPS) is 9.71. The van der Waals surface area contributed by atoms with E-state index in [1.165, 1.54) is 0 Å². The third-order valence-electron chi connectivity index (χ3n) is 0.255. The van der Waals surface area contributed by atoms with Crippen molar-refractivity contribution in [3.05, 3.63) is 0 Å². The first kappa shape index (κ1) is 6.88. The van der Waals surface area contributed by atoms with E-state index in [1.807, 2.05) is 0 Å². The molecule has 0 aromatic carbocycles. The molecule has 0 aliphatic carbocycles. The molecule has 0 heterocycles. The summed E-state index contributed by atoms with van der Waals surface area (Å²) in [7, 11) is 0. The highest BCUT2D eigenvalue weighted by molar-refractivity contribution is 8.13. The molecular formula is C3H4F2OS. The Bertz CT molecular complexity index is 73.3. The molecule has 0 N–H and O–H groups in total. The fraction of sp³-hybridized carbons (Fsp3) is 0.667. The zero-order valence-corrected chi connectivity index (χ0v) is 4.47. The van der Waals surface area contributed by atoms with Gasteiger partial charge in [-0.1, -0.05) is 0 Å². The summed E-state index contributed by atoms with van der Waals surface area (Å²) in [6, 6.07) is 0. The lowest BCUT2D eigenvalue weighted by atomic mass is 10.9. The molecule has 0 rings (SSSR count). The van der Waals surface area contributed by atoms with E-state index in [0.29, 0.717) is 0 Å². The first-order valence-corrected chi connectivity index (χ1v) is 2.46. The van der Waals surface area contributed by atoms with Crippen LogP contribution in [0.2, 0.25) is 0 Å². The number of alkyl halides is 2. The summed E-state index contributed by atoms with van der Waals surface area (Å²) in [6.07, 6.45) is 0. The Morgan fingerprint density at radius 3 is 2.14 bits per heavy atom. The Morgan fingerprint density at radius 1 is 1.71 bits per heavy atom. The van der Waals surface area contributed by atoms with E-state index in [0.717, 1.165) is 6.92 Å². The number of rotatable bonds is 1. The molecule has 0 aliphatic heterocycles. The SMILES string of the molecule is CC(=O)SC(F)F. The highest BCUT2D eigenvalue weighted by Crippen LogP contribution is 2.12. The van der Waals surface area contributed by atoms with Crippen LogP contribution in [0.25, 0.3) is 0 Å². The maximum Gasteiger partial charge on any atom is 0.291 e. The van der Waals surface area contributed by atoms with Gasteiger partial charge in [0.05, 0.1) is 0 Å². The van der Waals surface area contributed by atoms with E-state index >= 15 is 0 Å². The van der Waals surface area contributed by atoms with Crippen LogP contribution in [0.1, 0.15) is 6.92 Å². The summed E-state index contributed by atoms with van der Waals surface area (Å²) in [4.78, 5) is 9.74. The highest BCUT2D eigenvalue weighted by Gasteiger charge is 2.04. The lowest BCUT2D eigenvalue weighted by Gasteiger charge is -1.87. The predicted molar refractivity (Wildman–Crippen MR) is 24.3 cm³/mol. The quantitative estimate of drug-likeness (QED) is 0.529. The second kappa shape index (κ2) is 2.96. The zero-order valence-electron chi connectivity index (χ0n) is 3.65. The predicted octanol–water partition coefficient (Wildman–Crippen LogP) is 1.49. The molecule has 0 saturated heterocycles. The first-order valence-electron chi connectivity index (χ1n) is 1.58. The topological polar surface area (TPSA) is 17.1 Å². The van der Waals surface area contributed by atoms with Crippen LogP contribution in [0, 0.1) is 0 Å². The van der Waals surface area contributed by atoms with Crippen molar-refractivity contribution in [2.24, 2.45) is 0 Å². The van der Waals surface area contributed by atoms with Crippen molar-refractivity contribution in [3.8, 4) is 0 Å². The van der Waals surface area contributed by atoms with E-state index in [2.05, 4.69) is 0 Å². The number of thioether (sulfide) groups is 1. The minimum atomic E-state index is -2.56. The molecule has 0 bridgehead atoms. The molecular weight excluding hydrogens is 122 g/mol. The summed E-state index contributed by atoms with van der Waals surface area (Å²) >= 11 is 0.0370. The van der Waals surface area contributed by atoms with E-state index in [-0.39, 0.29) is 11.8 Å². The average molecular weight is 126 g/mol. The second-order valence-corrected chi connectivity index (χ2v) is 2.04. The third kappa shape index (κ3) is 5.88. The standard InChI is InChI=1S/C3H4F2OS/c1-2(6)7-3(4)5/h3H,1H3. The van der Waals surface area contributed by atoms with Gasteiger partial charge in [0.25, 0.3) is 5.76 Å². The fourth-order valence-corrected chi connectivity index (χ4v) is 0.376. The van der Waals surface area contributed by atoms with Crippen molar-refractivity contribution in [2.75, 3.05) is 0 Å². The van der Waals surface area contributed by atoms with Gasteiger partial charge in [-0.05, 0) is 11.8 Å². The maximum absolute atomic E-state index is 11.0. The molecule has 0 amide bonds. The third-order valence-corrected chi connectivity index (χ3v) is 0.765. The van der Waals surface area contributed by atoms with E-state index in [1.54, 1.807) is 0 Å². The number of halogens is 2. The summed E-state index contributed by atoms with van der Waals surface area (Å²) in [5.74, 6) is -2.56. The molecule has 0 fully saturated rings. The van der Waals surface area contributed by atoms with Crippen LogP contribution in [-0.2, 0) is 4.79 Å². The zero-order chi connectivity index (χ0) is 5.86. The van der Waals surface area contributed by atoms with Crippen LogP contribution in [-0.4, -0.2) is 10.9 Å². The molecule has 4 heteroatoms. The van der Waals surface area contributed by atoms with Crippen molar-refractivity contribution in [2.45, 2.75) is 12.7 Å². The summed E-state index contributed by atoms with van der Waals surface area (Å²) in [6.45, 7) is 1.11. The van der Waals surface area contributed by atoms with E-state index in [4.69, 9.17) is 0 Å². The lowest BCUT2D eigenvalue weighted by molar-refractivity contribution is -0.109. The van der Waals surface area contributed by atoms with E-state index in [9.17, 15) is 13.6 Å². The Hall–Kier alpha value is -0.120. The fourth-order valence-electron chi connectivity index (χ4n) is 0.125. The van der Waals surface area contributed by atoms with E-state index < -0.39 is 10.9 Å². The minimum Gasteiger partial charge on any atom is -0.287 e. The number of hydrogen-bond donors (Lipinski definition) is 0. The largest absolute Gasteiger partial charge is 0.291 e.